The van der Waals surface area contributed by atoms with Crippen LogP contribution in [0.3, 0.4) is 0 Å². The summed E-state index contributed by atoms with van der Waals surface area (Å²) in [5, 5.41) is 11.1. The molecule has 30 heavy (non-hydrogen) atoms. The fourth-order valence-electron chi connectivity index (χ4n) is 4.24. The molecule has 2 aromatic carbocycles. The Morgan fingerprint density at radius 3 is 2.53 bits per heavy atom. The highest BCUT2D eigenvalue weighted by atomic mass is 16.5. The predicted octanol–water partition coefficient (Wildman–Crippen LogP) is 4.22. The summed E-state index contributed by atoms with van der Waals surface area (Å²) in [6, 6.07) is 13.6. The second kappa shape index (κ2) is 8.71. The van der Waals surface area contributed by atoms with Crippen molar-refractivity contribution in [2.45, 2.75) is 32.6 Å². The van der Waals surface area contributed by atoms with E-state index < -0.39 is 0 Å². The molecule has 0 saturated carbocycles. The van der Waals surface area contributed by atoms with Gasteiger partial charge in [-0.15, -0.1) is 0 Å². The van der Waals surface area contributed by atoms with Crippen LogP contribution in [0.5, 0.6) is 5.75 Å². The zero-order chi connectivity index (χ0) is 21.1. The van der Waals surface area contributed by atoms with E-state index in [1.807, 2.05) is 28.9 Å². The number of aryl methyl sites for hydroxylation is 2. The molecule has 4 rings (SSSR count). The van der Waals surface area contributed by atoms with Gasteiger partial charge in [0.2, 0.25) is 0 Å². The molecule has 0 bridgehead atoms. The Labute approximate surface area is 177 Å². The van der Waals surface area contributed by atoms with Gasteiger partial charge in [0.05, 0.1) is 30.3 Å². The van der Waals surface area contributed by atoms with E-state index in [0.717, 1.165) is 48.4 Å². The quantitative estimate of drug-likeness (QED) is 0.668. The Kier molecular flexibility index (Phi) is 5.86. The molecule has 1 saturated heterocycles. The molecule has 156 valence electrons. The Morgan fingerprint density at radius 1 is 1.13 bits per heavy atom. The molecule has 6 heteroatoms. The zero-order valence-corrected chi connectivity index (χ0v) is 17.7. The fraction of sp³-hybridized carbons (Fsp3) is 0.333. The molecule has 3 aromatic rings. The minimum atomic E-state index is -0.144. The molecular weight excluding hydrogens is 376 g/mol. The predicted molar refractivity (Wildman–Crippen MR) is 119 cm³/mol. The van der Waals surface area contributed by atoms with Crippen LogP contribution in [-0.2, 0) is 0 Å². The SMILES string of the molecule is COc1cccc(NC(=O)c2cnn(-c3c(C)cccc3C)c2C2CCNCC2)c1. The summed E-state index contributed by atoms with van der Waals surface area (Å²) in [7, 11) is 1.62. The Morgan fingerprint density at radius 2 is 1.83 bits per heavy atom. The smallest absolute Gasteiger partial charge is 0.259 e. The Hall–Kier alpha value is -3.12. The monoisotopic (exact) mass is 404 g/mol. The number of aromatic nitrogens is 2. The zero-order valence-electron chi connectivity index (χ0n) is 17.7. The number of hydrogen-bond donors (Lipinski definition) is 2. The maximum absolute atomic E-state index is 13.3. The first kappa shape index (κ1) is 20.2. The van der Waals surface area contributed by atoms with E-state index in [1.165, 1.54) is 0 Å². The highest BCUT2D eigenvalue weighted by molar-refractivity contribution is 6.05. The van der Waals surface area contributed by atoms with Crippen LogP contribution in [0.4, 0.5) is 5.69 Å². The van der Waals surface area contributed by atoms with Gasteiger partial charge < -0.3 is 15.4 Å². The summed E-state index contributed by atoms with van der Waals surface area (Å²) in [6.45, 7) is 6.07. The van der Waals surface area contributed by atoms with Gasteiger partial charge in [0, 0.05) is 17.7 Å². The number of para-hydroxylation sites is 1. The lowest BCUT2D eigenvalue weighted by atomic mass is 9.91. The Bertz CT molecular complexity index is 1030. The van der Waals surface area contributed by atoms with Gasteiger partial charge in [0.15, 0.2) is 0 Å². The average molecular weight is 405 g/mol. The fourth-order valence-corrected chi connectivity index (χ4v) is 4.24. The van der Waals surface area contributed by atoms with Gasteiger partial charge in [-0.2, -0.15) is 5.10 Å². The molecule has 0 radical (unpaired) electrons. The third-order valence-corrected chi connectivity index (χ3v) is 5.76. The Balaban J connectivity index is 1.76. The minimum Gasteiger partial charge on any atom is -0.497 e. The van der Waals surface area contributed by atoms with Crippen LogP contribution >= 0.6 is 0 Å². The number of methoxy groups -OCH3 is 1. The van der Waals surface area contributed by atoms with Gasteiger partial charge in [-0.3, -0.25) is 4.79 Å². The van der Waals surface area contributed by atoms with Crippen LogP contribution in [0.2, 0.25) is 0 Å². The van der Waals surface area contributed by atoms with Crippen molar-refractivity contribution in [2.75, 3.05) is 25.5 Å². The minimum absolute atomic E-state index is 0.144. The van der Waals surface area contributed by atoms with Crippen LogP contribution in [0.1, 0.15) is 45.9 Å². The normalized spacial score (nSPS) is 14.5. The number of hydrogen-bond acceptors (Lipinski definition) is 4. The summed E-state index contributed by atoms with van der Waals surface area (Å²) in [6.07, 6.45) is 3.67. The molecule has 2 N–H and O–H groups in total. The first-order valence-electron chi connectivity index (χ1n) is 10.4. The molecule has 6 nitrogen and oxygen atoms in total. The van der Waals surface area contributed by atoms with Gasteiger partial charge >= 0.3 is 0 Å². The topological polar surface area (TPSA) is 68.2 Å². The number of carbonyl (C=O) groups excluding carboxylic acids is 1. The third-order valence-electron chi connectivity index (χ3n) is 5.76. The van der Waals surface area contributed by atoms with E-state index in [2.05, 4.69) is 42.7 Å². The summed E-state index contributed by atoms with van der Waals surface area (Å²) in [5.41, 5.74) is 5.68. The summed E-state index contributed by atoms with van der Waals surface area (Å²) >= 11 is 0. The molecule has 0 aliphatic carbocycles. The number of nitrogens with zero attached hydrogens (tertiary/aromatic N) is 2. The molecule has 1 fully saturated rings. The van der Waals surface area contributed by atoms with E-state index in [1.54, 1.807) is 13.3 Å². The molecular formula is C24H28N4O2. The summed E-state index contributed by atoms with van der Waals surface area (Å²) in [4.78, 5) is 13.3. The number of piperidine rings is 1. The summed E-state index contributed by atoms with van der Waals surface area (Å²) < 4.78 is 7.26. The highest BCUT2D eigenvalue weighted by Gasteiger charge is 2.28. The second-order valence-electron chi connectivity index (χ2n) is 7.81. The number of anilines is 1. The van der Waals surface area contributed by atoms with Crippen LogP contribution in [0, 0.1) is 13.8 Å². The van der Waals surface area contributed by atoms with Gasteiger partial charge in [0.1, 0.15) is 5.75 Å². The second-order valence-corrected chi connectivity index (χ2v) is 7.81. The highest BCUT2D eigenvalue weighted by Crippen LogP contribution is 2.32. The van der Waals surface area contributed by atoms with Crippen molar-refractivity contribution in [2.24, 2.45) is 0 Å². The van der Waals surface area contributed by atoms with Crippen molar-refractivity contribution >= 4 is 11.6 Å². The molecule has 0 unspecified atom stereocenters. The van der Waals surface area contributed by atoms with Gasteiger partial charge in [-0.1, -0.05) is 24.3 Å². The molecule has 0 atom stereocenters. The number of ether oxygens (including phenoxy) is 1. The maximum Gasteiger partial charge on any atom is 0.259 e. The molecule has 1 amide bonds. The van der Waals surface area contributed by atoms with E-state index in [9.17, 15) is 4.79 Å². The summed E-state index contributed by atoms with van der Waals surface area (Å²) in [5.74, 6) is 0.839. The number of benzene rings is 2. The lowest BCUT2D eigenvalue weighted by Gasteiger charge is -2.25. The molecule has 1 aliphatic heterocycles. The van der Waals surface area contributed by atoms with Gasteiger partial charge in [-0.05, 0) is 63.0 Å². The number of carbonyl (C=O) groups is 1. The molecule has 0 spiro atoms. The van der Waals surface area contributed by atoms with E-state index >= 15 is 0 Å². The lowest BCUT2D eigenvalue weighted by molar-refractivity contribution is 0.102. The van der Waals surface area contributed by atoms with Crippen LogP contribution < -0.4 is 15.4 Å². The number of amides is 1. The van der Waals surface area contributed by atoms with Crippen LogP contribution in [0.25, 0.3) is 5.69 Å². The standard InChI is InChI=1S/C24H28N4O2/c1-16-6-4-7-17(2)22(16)28-23(18-10-12-25-13-11-18)21(15-26-28)24(29)27-19-8-5-9-20(14-19)30-3/h4-9,14-15,18,25H,10-13H2,1-3H3,(H,27,29). The van der Waals surface area contributed by atoms with Crippen molar-refractivity contribution in [3.8, 4) is 11.4 Å². The lowest BCUT2D eigenvalue weighted by Crippen LogP contribution is -2.29. The largest absolute Gasteiger partial charge is 0.497 e. The van der Waals surface area contributed by atoms with Crippen molar-refractivity contribution in [3.05, 3.63) is 71.0 Å². The first-order chi connectivity index (χ1) is 14.6. The molecule has 2 heterocycles. The van der Waals surface area contributed by atoms with Crippen molar-refractivity contribution in [1.29, 1.82) is 0 Å². The van der Waals surface area contributed by atoms with E-state index in [4.69, 9.17) is 9.84 Å². The maximum atomic E-state index is 13.3. The third kappa shape index (κ3) is 3.96. The van der Waals surface area contributed by atoms with Crippen LogP contribution in [0.15, 0.2) is 48.7 Å². The molecule has 1 aliphatic rings. The van der Waals surface area contributed by atoms with Crippen LogP contribution in [-0.4, -0.2) is 35.9 Å². The van der Waals surface area contributed by atoms with Crippen molar-refractivity contribution in [1.82, 2.24) is 15.1 Å². The van der Waals surface area contributed by atoms with E-state index in [0.29, 0.717) is 17.0 Å². The van der Waals surface area contributed by atoms with Gasteiger partial charge in [0.25, 0.3) is 5.91 Å². The molecule has 1 aromatic heterocycles. The average Bonchev–Trinajstić information content (AvgIpc) is 3.19. The number of rotatable bonds is 5. The van der Waals surface area contributed by atoms with E-state index in [-0.39, 0.29) is 11.8 Å². The first-order valence-corrected chi connectivity index (χ1v) is 10.4. The van der Waals surface area contributed by atoms with Crippen molar-refractivity contribution < 1.29 is 9.53 Å². The van der Waals surface area contributed by atoms with Crippen molar-refractivity contribution in [3.63, 3.8) is 0 Å². The number of nitrogens with one attached hydrogen (secondary N) is 2. The van der Waals surface area contributed by atoms with Gasteiger partial charge in [-0.25, -0.2) is 4.68 Å².